The molecule has 0 aliphatic heterocycles. The average molecular weight is 317 g/mol. The molecular formula is C18H23NO4. The van der Waals surface area contributed by atoms with E-state index in [1.54, 1.807) is 0 Å². The number of carbonyl (C=O) groups excluding carboxylic acids is 2. The Morgan fingerprint density at radius 1 is 0.957 bits per heavy atom. The van der Waals surface area contributed by atoms with Crippen LogP contribution in [0.4, 0.5) is 0 Å². The molecule has 0 fully saturated rings. The number of allylic oxidation sites excluding steroid dienone is 5. The van der Waals surface area contributed by atoms with Crippen molar-refractivity contribution in [2.45, 2.75) is 52.4 Å². The Kier molecular flexibility index (Phi) is 5.08. The molecule has 0 saturated heterocycles. The fourth-order valence-corrected chi connectivity index (χ4v) is 2.87. The Balaban J connectivity index is 2.53. The number of unbranched alkanes of at least 4 members (excludes halogenated alkanes) is 2. The largest absolute Gasteiger partial charge is 0.507 e. The van der Waals surface area contributed by atoms with Gasteiger partial charge in [-0.15, -0.1) is 0 Å². The van der Waals surface area contributed by atoms with Gasteiger partial charge in [-0.3, -0.25) is 9.59 Å². The maximum Gasteiger partial charge on any atom is 0.195 e. The second-order valence-corrected chi connectivity index (χ2v) is 5.91. The maximum absolute atomic E-state index is 12.6. The number of nitrogens with two attached hydrogens (primary N) is 1. The fraction of sp³-hybridized carbons (Fsp3) is 0.444. The van der Waals surface area contributed by atoms with Crippen LogP contribution >= 0.6 is 0 Å². The smallest absolute Gasteiger partial charge is 0.195 e. The second-order valence-electron chi connectivity index (χ2n) is 5.91. The summed E-state index contributed by atoms with van der Waals surface area (Å²) < 4.78 is 0. The van der Waals surface area contributed by atoms with Gasteiger partial charge in [-0.2, -0.15) is 0 Å². The summed E-state index contributed by atoms with van der Waals surface area (Å²) in [6.45, 7) is 3.98. The van der Waals surface area contributed by atoms with E-state index in [2.05, 4.69) is 0 Å². The Bertz CT molecular complexity index is 677. The van der Waals surface area contributed by atoms with Crippen LogP contribution in [0.2, 0.25) is 0 Å². The molecule has 2 rings (SSSR count). The van der Waals surface area contributed by atoms with Crippen LogP contribution in [-0.4, -0.2) is 21.8 Å². The zero-order chi connectivity index (χ0) is 17.1. The summed E-state index contributed by atoms with van der Waals surface area (Å²) in [7, 11) is 0. The molecule has 2 aliphatic carbocycles. The van der Waals surface area contributed by atoms with Crippen molar-refractivity contribution >= 4 is 11.6 Å². The minimum Gasteiger partial charge on any atom is -0.507 e. The van der Waals surface area contributed by atoms with E-state index in [9.17, 15) is 19.8 Å². The lowest BCUT2D eigenvalue weighted by molar-refractivity contribution is -0.115. The number of Topliss-reactive ketones (excluding diaryl/α,β-unsaturated/α-hetero) is 2. The molecule has 0 heterocycles. The average Bonchev–Trinajstić information content (AvgIpc) is 2.53. The second kappa shape index (κ2) is 6.86. The number of hydrogen-bond donors (Lipinski definition) is 3. The molecule has 0 spiro atoms. The van der Waals surface area contributed by atoms with E-state index in [0.29, 0.717) is 18.4 Å². The molecule has 0 aromatic carbocycles. The molecule has 0 amide bonds. The summed E-state index contributed by atoms with van der Waals surface area (Å²) in [5.74, 6) is -1.52. The monoisotopic (exact) mass is 317 g/mol. The van der Waals surface area contributed by atoms with Gasteiger partial charge in [0, 0.05) is 11.1 Å². The van der Waals surface area contributed by atoms with Crippen molar-refractivity contribution in [1.82, 2.24) is 0 Å². The van der Waals surface area contributed by atoms with Crippen LogP contribution in [0.5, 0.6) is 0 Å². The molecule has 2 aliphatic rings. The molecule has 4 N–H and O–H groups in total. The van der Waals surface area contributed by atoms with Crippen LogP contribution in [0.25, 0.3) is 0 Å². The predicted octanol–water partition coefficient (Wildman–Crippen LogP) is 3.30. The van der Waals surface area contributed by atoms with Gasteiger partial charge in [-0.25, -0.2) is 0 Å². The fourth-order valence-electron chi connectivity index (χ4n) is 2.87. The highest BCUT2D eigenvalue weighted by atomic mass is 16.3. The third-order valence-electron chi connectivity index (χ3n) is 4.23. The van der Waals surface area contributed by atoms with E-state index in [1.165, 1.54) is 6.08 Å². The number of hydrogen-bond acceptors (Lipinski definition) is 5. The van der Waals surface area contributed by atoms with Gasteiger partial charge in [0.2, 0.25) is 0 Å². The first-order valence-corrected chi connectivity index (χ1v) is 8.09. The Morgan fingerprint density at radius 2 is 1.57 bits per heavy atom. The Hall–Kier alpha value is -2.30. The molecule has 0 atom stereocenters. The molecule has 0 bridgehead atoms. The van der Waals surface area contributed by atoms with Gasteiger partial charge in [0.1, 0.15) is 5.76 Å². The van der Waals surface area contributed by atoms with E-state index in [-0.39, 0.29) is 33.9 Å². The standard InChI is InChI=1S/C18H23NO4/c1-3-5-7-10-9-12(20)13-14(16(10)21)18(23)15(19)11(17(13)22)8-6-4-2/h9,20,23H,3-8,19H2,1-2H3. The van der Waals surface area contributed by atoms with Crippen molar-refractivity contribution in [2.75, 3.05) is 0 Å². The number of carbonyl (C=O) groups is 2. The van der Waals surface area contributed by atoms with E-state index >= 15 is 0 Å². The normalized spacial score (nSPS) is 18.6. The lowest BCUT2D eigenvalue weighted by Gasteiger charge is -2.25. The van der Waals surface area contributed by atoms with Gasteiger partial charge in [-0.1, -0.05) is 26.7 Å². The van der Waals surface area contributed by atoms with Crippen LogP contribution < -0.4 is 5.73 Å². The number of rotatable bonds is 6. The van der Waals surface area contributed by atoms with Crippen molar-refractivity contribution in [3.63, 3.8) is 0 Å². The van der Waals surface area contributed by atoms with E-state index in [4.69, 9.17) is 5.73 Å². The summed E-state index contributed by atoms with van der Waals surface area (Å²) in [5, 5.41) is 20.6. The van der Waals surface area contributed by atoms with E-state index in [0.717, 1.165) is 25.7 Å². The Labute approximate surface area is 135 Å². The number of aliphatic hydroxyl groups excluding tert-OH is 2. The molecule has 23 heavy (non-hydrogen) atoms. The van der Waals surface area contributed by atoms with E-state index < -0.39 is 11.6 Å². The third kappa shape index (κ3) is 2.96. The summed E-state index contributed by atoms with van der Waals surface area (Å²) >= 11 is 0. The minimum absolute atomic E-state index is 0.0416. The maximum atomic E-state index is 12.6. The third-order valence-corrected chi connectivity index (χ3v) is 4.23. The summed E-state index contributed by atoms with van der Waals surface area (Å²) in [5.41, 5.74) is 6.24. The first-order valence-electron chi connectivity index (χ1n) is 8.09. The first-order chi connectivity index (χ1) is 10.9. The van der Waals surface area contributed by atoms with Gasteiger partial charge in [0.25, 0.3) is 0 Å². The molecule has 124 valence electrons. The van der Waals surface area contributed by atoms with Crippen molar-refractivity contribution in [1.29, 1.82) is 0 Å². The highest BCUT2D eigenvalue weighted by Crippen LogP contribution is 2.37. The van der Waals surface area contributed by atoms with E-state index in [1.807, 2.05) is 13.8 Å². The molecule has 0 aromatic rings. The van der Waals surface area contributed by atoms with Crippen molar-refractivity contribution in [3.05, 3.63) is 45.6 Å². The lowest BCUT2D eigenvalue weighted by Crippen LogP contribution is -2.29. The van der Waals surface area contributed by atoms with Crippen molar-refractivity contribution in [2.24, 2.45) is 5.73 Å². The van der Waals surface area contributed by atoms with Crippen LogP contribution in [-0.2, 0) is 9.59 Å². The Morgan fingerprint density at radius 3 is 2.17 bits per heavy atom. The van der Waals surface area contributed by atoms with Gasteiger partial charge in [0.15, 0.2) is 17.3 Å². The summed E-state index contributed by atoms with van der Waals surface area (Å²) in [6, 6.07) is 0. The highest BCUT2D eigenvalue weighted by Gasteiger charge is 2.39. The quantitative estimate of drug-likeness (QED) is 0.698. The first kappa shape index (κ1) is 17.1. The molecule has 0 aromatic heterocycles. The molecule has 0 unspecified atom stereocenters. The van der Waals surface area contributed by atoms with Gasteiger partial charge >= 0.3 is 0 Å². The molecule has 5 heteroatoms. The summed E-state index contributed by atoms with van der Waals surface area (Å²) in [4.78, 5) is 25.2. The zero-order valence-electron chi connectivity index (χ0n) is 13.6. The minimum atomic E-state index is -0.458. The van der Waals surface area contributed by atoms with Crippen LogP contribution in [0.1, 0.15) is 52.4 Å². The van der Waals surface area contributed by atoms with Gasteiger partial charge < -0.3 is 15.9 Å². The van der Waals surface area contributed by atoms with Crippen LogP contribution in [0, 0.1) is 0 Å². The number of fused-ring (bicyclic) bond motifs is 1. The van der Waals surface area contributed by atoms with Crippen LogP contribution in [0.3, 0.4) is 0 Å². The number of aliphatic hydroxyl groups is 2. The molecule has 0 saturated carbocycles. The molecule has 5 nitrogen and oxygen atoms in total. The van der Waals surface area contributed by atoms with Crippen LogP contribution in [0.15, 0.2) is 45.6 Å². The van der Waals surface area contributed by atoms with Gasteiger partial charge in [0.05, 0.1) is 16.8 Å². The van der Waals surface area contributed by atoms with Gasteiger partial charge in [-0.05, 0) is 31.8 Å². The highest BCUT2D eigenvalue weighted by molar-refractivity contribution is 6.26. The molecular weight excluding hydrogens is 294 g/mol. The lowest BCUT2D eigenvalue weighted by atomic mass is 9.78. The topological polar surface area (TPSA) is 101 Å². The zero-order valence-corrected chi connectivity index (χ0v) is 13.6. The number of ketones is 2. The predicted molar refractivity (Wildman–Crippen MR) is 87.7 cm³/mol. The van der Waals surface area contributed by atoms with Crippen molar-refractivity contribution in [3.8, 4) is 0 Å². The van der Waals surface area contributed by atoms with Crippen molar-refractivity contribution < 1.29 is 19.8 Å². The SMILES string of the molecule is CCCCC1=CC(O)=C2C(=O)C(CCCC)=C(N)C(O)=C2C1=O. The molecule has 0 radical (unpaired) electrons. The summed E-state index contributed by atoms with van der Waals surface area (Å²) in [6.07, 6.45) is 5.54.